The topological polar surface area (TPSA) is 16.3 Å². The molecule has 418 valence electrons. The van der Waals surface area contributed by atoms with Gasteiger partial charge in [-0.1, -0.05) is 249 Å². The molecule has 0 bridgehead atoms. The Hall–Kier alpha value is -11.4. The fourth-order valence-electron chi connectivity index (χ4n) is 15.3. The molecule has 0 fully saturated rings. The third-order valence-electron chi connectivity index (χ3n) is 19.0. The fourth-order valence-corrected chi connectivity index (χ4v) is 16.5. The minimum Gasteiger partial charge on any atom is -0.310 e. The van der Waals surface area contributed by atoms with Crippen LogP contribution >= 0.6 is 11.3 Å². The summed E-state index contributed by atoms with van der Waals surface area (Å²) in [6, 6.07) is 120. The first-order chi connectivity index (χ1) is 44.7. The van der Waals surface area contributed by atoms with Crippen LogP contribution in [0.2, 0.25) is 0 Å². The molecular formula is C84H53BN4S. The van der Waals surface area contributed by atoms with Gasteiger partial charge in [-0.05, 0) is 111 Å². The van der Waals surface area contributed by atoms with Crippen molar-refractivity contribution in [3.05, 3.63) is 322 Å². The Morgan fingerprint density at radius 1 is 0.256 bits per heavy atom. The quantitative estimate of drug-likeness (QED) is 0.141. The predicted molar refractivity (Wildman–Crippen MR) is 384 cm³/mol. The number of benzene rings is 14. The van der Waals surface area contributed by atoms with Crippen molar-refractivity contribution in [1.82, 2.24) is 9.13 Å². The number of fused-ring (bicyclic) bond motifs is 14. The Morgan fingerprint density at radius 3 is 1.08 bits per heavy atom. The van der Waals surface area contributed by atoms with E-state index in [1.165, 1.54) is 74.8 Å². The highest BCUT2D eigenvalue weighted by molar-refractivity contribution is 7.26. The lowest BCUT2D eigenvalue weighted by atomic mass is 9.33. The second kappa shape index (κ2) is 20.1. The third kappa shape index (κ3) is 7.49. The highest BCUT2D eigenvalue weighted by Crippen LogP contribution is 2.57. The monoisotopic (exact) mass is 1160 g/mol. The summed E-state index contributed by atoms with van der Waals surface area (Å²) in [5.41, 5.74) is 26.8. The van der Waals surface area contributed by atoms with E-state index < -0.39 is 0 Å². The molecule has 4 nitrogen and oxygen atoms in total. The van der Waals surface area contributed by atoms with E-state index in [2.05, 4.69) is 340 Å². The normalized spacial score (nSPS) is 12.6. The van der Waals surface area contributed by atoms with Crippen molar-refractivity contribution < 1.29 is 0 Å². The van der Waals surface area contributed by atoms with Crippen LogP contribution in [0.25, 0.3) is 120 Å². The number of hydrogen-bond acceptors (Lipinski definition) is 3. The lowest BCUT2D eigenvalue weighted by Crippen LogP contribution is -2.61. The maximum atomic E-state index is 2.74. The van der Waals surface area contributed by atoms with E-state index in [1.807, 2.05) is 11.3 Å². The van der Waals surface area contributed by atoms with E-state index in [0.29, 0.717) is 0 Å². The molecule has 0 atom stereocenters. The van der Waals surface area contributed by atoms with Crippen molar-refractivity contribution in [2.24, 2.45) is 0 Å². The van der Waals surface area contributed by atoms with Gasteiger partial charge in [0.1, 0.15) is 0 Å². The molecule has 6 heteroatoms. The standard InChI is InChI=1S/C84H53BN4S/c1-7-27-54(28-8-1)60-42-25-43-61(55-29-9-2-10-30-55)81(60)88-76-49-67-64-39-19-22-46-72(64)86(58-35-15-5-16-36-58)74(67)52-70(76)85-71-53-75-68(65-40-20-23-47-73(65)87(75)59-37-17-6-18-38-59)50-77(71)89(83-80(85)78(88)51-69-66-41-21-24-48-79(66)90-84(69)83)82-62(56-31-11-3-12-32-56)44-26-45-63(82)57-33-13-4-14-34-57/h1-53H. The third-order valence-corrected chi connectivity index (χ3v) is 20.2. The zero-order valence-corrected chi connectivity index (χ0v) is 49.7. The number of aromatic nitrogens is 2. The zero-order chi connectivity index (χ0) is 59.0. The van der Waals surface area contributed by atoms with Gasteiger partial charge in [0.25, 0.3) is 6.71 Å². The second-order valence-corrected chi connectivity index (χ2v) is 24.9. The summed E-state index contributed by atoms with van der Waals surface area (Å²) >= 11 is 1.92. The summed E-state index contributed by atoms with van der Waals surface area (Å²) < 4.78 is 7.51. The molecule has 0 spiro atoms. The first kappa shape index (κ1) is 50.7. The SMILES string of the molecule is c1ccc(-c2cccc(-c3ccccc3)c2N2c3cc4c5ccccc5n(-c5ccccc5)c4cc3B3c4cc5c(cc4N(c4c(-c6ccccc6)cccc4-c4ccccc4)c4c3c2cc2c4sc3ccccc32)c2ccccc2n5-c2ccccc2)cc1. The highest BCUT2D eigenvalue weighted by atomic mass is 32.1. The van der Waals surface area contributed by atoms with Crippen molar-refractivity contribution in [2.45, 2.75) is 0 Å². The largest absolute Gasteiger partial charge is 0.310 e. The molecule has 0 amide bonds. The van der Waals surface area contributed by atoms with Gasteiger partial charge in [-0.15, -0.1) is 11.3 Å². The van der Waals surface area contributed by atoms with Crippen LogP contribution in [0.15, 0.2) is 322 Å². The molecule has 17 aromatic rings. The first-order valence-electron chi connectivity index (χ1n) is 31.0. The number of nitrogens with zero attached hydrogens (tertiary/aromatic N) is 4. The van der Waals surface area contributed by atoms with E-state index in [0.717, 1.165) is 95.4 Å². The molecular weight excluding hydrogens is 1110 g/mol. The van der Waals surface area contributed by atoms with E-state index in [4.69, 9.17) is 0 Å². The Morgan fingerprint density at radius 2 is 0.622 bits per heavy atom. The van der Waals surface area contributed by atoms with E-state index in [9.17, 15) is 0 Å². The minimum atomic E-state index is -0.270. The van der Waals surface area contributed by atoms with Gasteiger partial charge < -0.3 is 18.9 Å². The van der Waals surface area contributed by atoms with Gasteiger partial charge in [-0.25, -0.2) is 0 Å². The molecule has 19 rings (SSSR count). The van der Waals surface area contributed by atoms with E-state index in [1.54, 1.807) is 0 Å². The van der Waals surface area contributed by atoms with Gasteiger partial charge in [0.2, 0.25) is 0 Å². The zero-order valence-electron chi connectivity index (χ0n) is 48.9. The van der Waals surface area contributed by atoms with Crippen LogP contribution in [0, 0.1) is 0 Å². The maximum absolute atomic E-state index is 2.74. The van der Waals surface area contributed by atoms with Crippen LogP contribution in [0.5, 0.6) is 0 Å². The van der Waals surface area contributed by atoms with Gasteiger partial charge in [0.05, 0.1) is 43.8 Å². The first-order valence-corrected chi connectivity index (χ1v) is 31.8. The molecule has 0 radical (unpaired) electrons. The van der Waals surface area contributed by atoms with Crippen LogP contribution in [-0.4, -0.2) is 15.8 Å². The molecule has 3 aromatic heterocycles. The predicted octanol–water partition coefficient (Wildman–Crippen LogP) is 21.0. The number of anilines is 6. The number of para-hydroxylation sites is 6. The molecule has 0 aliphatic carbocycles. The van der Waals surface area contributed by atoms with Crippen molar-refractivity contribution >= 4 is 132 Å². The number of thiophene rings is 1. The van der Waals surface area contributed by atoms with E-state index in [-0.39, 0.29) is 6.71 Å². The Kier molecular flexibility index (Phi) is 11.3. The number of rotatable bonds is 8. The summed E-state index contributed by atoms with van der Waals surface area (Å²) in [6.45, 7) is -0.270. The Bertz CT molecular complexity index is 5550. The molecule has 14 aromatic carbocycles. The summed E-state index contributed by atoms with van der Waals surface area (Å²) in [4.78, 5) is 5.45. The summed E-state index contributed by atoms with van der Waals surface area (Å²) in [7, 11) is 0. The minimum absolute atomic E-state index is 0.270. The average molecular weight is 1160 g/mol. The molecule has 2 aliphatic heterocycles. The molecule has 0 saturated heterocycles. The smallest absolute Gasteiger partial charge is 0.252 e. The molecule has 90 heavy (non-hydrogen) atoms. The van der Waals surface area contributed by atoms with Gasteiger partial charge >= 0.3 is 0 Å². The second-order valence-electron chi connectivity index (χ2n) is 23.8. The summed E-state index contributed by atoms with van der Waals surface area (Å²) in [5, 5.41) is 7.28. The van der Waals surface area contributed by atoms with Crippen molar-refractivity contribution in [3.8, 4) is 55.9 Å². The lowest BCUT2D eigenvalue weighted by Gasteiger charge is -2.46. The van der Waals surface area contributed by atoms with Gasteiger partial charge in [-0.2, -0.15) is 0 Å². The van der Waals surface area contributed by atoms with Crippen molar-refractivity contribution in [2.75, 3.05) is 9.80 Å². The maximum Gasteiger partial charge on any atom is 0.252 e. The van der Waals surface area contributed by atoms with Gasteiger partial charge in [0, 0.05) is 87.7 Å². The Balaban J connectivity index is 1.06. The van der Waals surface area contributed by atoms with Gasteiger partial charge in [-0.3, -0.25) is 0 Å². The van der Waals surface area contributed by atoms with Crippen LogP contribution in [0.1, 0.15) is 0 Å². The van der Waals surface area contributed by atoms with E-state index >= 15 is 0 Å². The molecule has 0 saturated carbocycles. The fraction of sp³-hybridized carbons (Fsp3) is 0. The molecule has 2 aliphatic rings. The molecule has 0 unspecified atom stereocenters. The summed E-state index contributed by atoms with van der Waals surface area (Å²) in [6.07, 6.45) is 0. The van der Waals surface area contributed by atoms with Gasteiger partial charge in [0.15, 0.2) is 0 Å². The van der Waals surface area contributed by atoms with Crippen LogP contribution in [-0.2, 0) is 0 Å². The van der Waals surface area contributed by atoms with Crippen molar-refractivity contribution in [3.63, 3.8) is 0 Å². The molecule has 5 heterocycles. The van der Waals surface area contributed by atoms with Crippen LogP contribution in [0.3, 0.4) is 0 Å². The van der Waals surface area contributed by atoms with Crippen LogP contribution in [0.4, 0.5) is 34.1 Å². The number of hydrogen-bond donors (Lipinski definition) is 0. The van der Waals surface area contributed by atoms with Crippen LogP contribution < -0.4 is 26.2 Å². The Labute approximate surface area is 525 Å². The summed E-state index contributed by atoms with van der Waals surface area (Å²) in [5.74, 6) is 0. The van der Waals surface area contributed by atoms with Crippen molar-refractivity contribution in [1.29, 1.82) is 0 Å². The average Bonchev–Trinajstić information content (AvgIpc) is 1.21. The highest BCUT2D eigenvalue weighted by Gasteiger charge is 2.47. The molecule has 0 N–H and O–H groups in total. The lowest BCUT2D eigenvalue weighted by molar-refractivity contribution is 1.18.